The summed E-state index contributed by atoms with van der Waals surface area (Å²) in [4.78, 5) is 12.7. The van der Waals surface area contributed by atoms with Crippen molar-refractivity contribution in [3.8, 4) is 23.0 Å². The maximum atomic E-state index is 12.7. The highest BCUT2D eigenvalue weighted by atomic mass is 16.5. The summed E-state index contributed by atoms with van der Waals surface area (Å²) in [5.41, 5.74) is 3.23. The molecule has 170 valence electrons. The zero-order chi connectivity index (χ0) is 23.6. The summed E-state index contributed by atoms with van der Waals surface area (Å²) < 4.78 is 21.7. The van der Waals surface area contributed by atoms with E-state index in [0.29, 0.717) is 23.7 Å². The van der Waals surface area contributed by atoms with Gasteiger partial charge in [0, 0.05) is 17.2 Å². The summed E-state index contributed by atoms with van der Waals surface area (Å²) >= 11 is 0. The number of carbonyl (C=O) groups is 1. The highest BCUT2D eigenvalue weighted by Gasteiger charge is 2.10. The Labute approximate surface area is 194 Å². The highest BCUT2D eigenvalue weighted by Crippen LogP contribution is 2.31. The third-order valence-corrected chi connectivity index (χ3v) is 5.03. The van der Waals surface area contributed by atoms with Gasteiger partial charge in [0.1, 0.15) is 23.0 Å². The van der Waals surface area contributed by atoms with Crippen LogP contribution in [0.4, 0.5) is 0 Å². The molecule has 0 N–H and O–H groups in total. The molecule has 5 nitrogen and oxygen atoms in total. The Hall–Kier alpha value is -3.99. The molecular weight excluding hydrogens is 416 g/mol. The number of rotatable bonds is 10. The molecule has 3 aromatic rings. The van der Waals surface area contributed by atoms with Crippen LogP contribution in [0.25, 0.3) is 18.2 Å². The molecule has 0 aromatic heterocycles. The Morgan fingerprint density at radius 1 is 0.758 bits per heavy atom. The minimum Gasteiger partial charge on any atom is -0.497 e. The normalized spacial score (nSPS) is 11.0. The van der Waals surface area contributed by atoms with E-state index in [2.05, 4.69) is 0 Å². The van der Waals surface area contributed by atoms with Gasteiger partial charge < -0.3 is 18.9 Å². The van der Waals surface area contributed by atoms with Crippen LogP contribution in [0, 0.1) is 0 Å². The number of methoxy groups -OCH3 is 3. The van der Waals surface area contributed by atoms with Gasteiger partial charge in [0.2, 0.25) is 0 Å². The lowest BCUT2D eigenvalue weighted by atomic mass is 10.0. The highest BCUT2D eigenvalue weighted by molar-refractivity contribution is 6.07. The van der Waals surface area contributed by atoms with E-state index >= 15 is 0 Å². The van der Waals surface area contributed by atoms with E-state index < -0.39 is 0 Å². The lowest BCUT2D eigenvalue weighted by molar-refractivity contribution is 0.104. The van der Waals surface area contributed by atoms with Crippen molar-refractivity contribution in [3.05, 3.63) is 89.0 Å². The van der Waals surface area contributed by atoms with E-state index in [1.54, 1.807) is 63.8 Å². The zero-order valence-electron chi connectivity index (χ0n) is 19.3. The van der Waals surface area contributed by atoms with E-state index in [1.807, 2.05) is 49.4 Å². The third kappa shape index (κ3) is 6.26. The summed E-state index contributed by atoms with van der Waals surface area (Å²) in [6.07, 6.45) is 7.27. The van der Waals surface area contributed by atoms with Crippen LogP contribution in [0.3, 0.4) is 0 Å². The maximum Gasteiger partial charge on any atom is 0.185 e. The van der Waals surface area contributed by atoms with Crippen LogP contribution in [0.15, 0.2) is 66.7 Å². The fourth-order valence-corrected chi connectivity index (χ4v) is 3.26. The smallest absolute Gasteiger partial charge is 0.185 e. The van der Waals surface area contributed by atoms with Crippen LogP contribution < -0.4 is 18.9 Å². The van der Waals surface area contributed by atoms with Crippen LogP contribution in [0.5, 0.6) is 23.0 Å². The quantitative estimate of drug-likeness (QED) is 0.212. The Bertz CT molecular complexity index is 1130. The Morgan fingerprint density at radius 2 is 1.42 bits per heavy atom. The van der Waals surface area contributed by atoms with Crippen LogP contribution in [-0.4, -0.2) is 33.7 Å². The summed E-state index contributed by atoms with van der Waals surface area (Å²) in [7, 11) is 4.84. The molecule has 0 bridgehead atoms. The van der Waals surface area contributed by atoms with Crippen LogP contribution in [-0.2, 0) is 0 Å². The second-order valence-electron chi connectivity index (χ2n) is 7.09. The van der Waals surface area contributed by atoms with Gasteiger partial charge in [-0.05, 0) is 72.7 Å². The van der Waals surface area contributed by atoms with Crippen molar-refractivity contribution >= 4 is 24.0 Å². The first-order valence-electron chi connectivity index (χ1n) is 10.6. The molecule has 0 saturated heterocycles. The molecule has 33 heavy (non-hydrogen) atoms. The molecule has 0 fully saturated rings. The first kappa shape index (κ1) is 23.7. The van der Waals surface area contributed by atoms with Gasteiger partial charge in [0.25, 0.3) is 0 Å². The Kier molecular flexibility index (Phi) is 8.30. The first-order chi connectivity index (χ1) is 16.1. The molecule has 0 amide bonds. The zero-order valence-corrected chi connectivity index (χ0v) is 19.3. The number of hydrogen-bond acceptors (Lipinski definition) is 5. The van der Waals surface area contributed by atoms with E-state index in [1.165, 1.54) is 0 Å². The second kappa shape index (κ2) is 11.6. The number of allylic oxidation sites excluding steroid dienone is 1. The fourth-order valence-electron chi connectivity index (χ4n) is 3.26. The second-order valence-corrected chi connectivity index (χ2v) is 7.09. The Morgan fingerprint density at radius 3 is 2.03 bits per heavy atom. The predicted octanol–water partition coefficient (Wildman–Crippen LogP) is 6.18. The monoisotopic (exact) mass is 444 g/mol. The van der Waals surface area contributed by atoms with Crippen molar-refractivity contribution in [2.45, 2.75) is 6.92 Å². The third-order valence-electron chi connectivity index (χ3n) is 5.03. The van der Waals surface area contributed by atoms with E-state index in [-0.39, 0.29) is 5.78 Å². The number of ketones is 1. The average molecular weight is 445 g/mol. The number of ether oxygens (including phenoxy) is 4. The van der Waals surface area contributed by atoms with Crippen LogP contribution >= 0.6 is 0 Å². The van der Waals surface area contributed by atoms with E-state index in [4.69, 9.17) is 18.9 Å². The molecule has 0 atom stereocenters. The number of hydrogen-bond donors (Lipinski definition) is 0. The summed E-state index contributed by atoms with van der Waals surface area (Å²) in [5, 5.41) is 0. The topological polar surface area (TPSA) is 54.0 Å². The predicted molar refractivity (Wildman–Crippen MR) is 132 cm³/mol. The molecule has 0 aliphatic heterocycles. The van der Waals surface area contributed by atoms with Gasteiger partial charge in [-0.2, -0.15) is 0 Å². The van der Waals surface area contributed by atoms with Crippen molar-refractivity contribution in [2.75, 3.05) is 27.9 Å². The van der Waals surface area contributed by atoms with Crippen molar-refractivity contribution in [1.29, 1.82) is 0 Å². The molecule has 0 unspecified atom stereocenters. The summed E-state index contributed by atoms with van der Waals surface area (Å²) in [6.45, 7) is 2.50. The molecule has 5 heteroatoms. The van der Waals surface area contributed by atoms with Crippen molar-refractivity contribution < 1.29 is 23.7 Å². The molecule has 0 aliphatic rings. The van der Waals surface area contributed by atoms with Crippen LogP contribution in [0.1, 0.15) is 34.0 Å². The van der Waals surface area contributed by atoms with Gasteiger partial charge >= 0.3 is 0 Å². The first-order valence-corrected chi connectivity index (χ1v) is 10.6. The maximum absolute atomic E-state index is 12.7. The van der Waals surface area contributed by atoms with Gasteiger partial charge in [-0.15, -0.1) is 0 Å². The molecule has 0 aliphatic carbocycles. The molecule has 3 aromatic carbocycles. The minimum absolute atomic E-state index is 0.110. The molecule has 0 spiro atoms. The molecular formula is C28H28O5. The average Bonchev–Trinajstić information content (AvgIpc) is 2.86. The molecule has 0 radical (unpaired) electrons. The van der Waals surface area contributed by atoms with Crippen molar-refractivity contribution in [1.82, 2.24) is 0 Å². The van der Waals surface area contributed by atoms with Gasteiger partial charge in [0.05, 0.1) is 27.9 Å². The van der Waals surface area contributed by atoms with Crippen molar-refractivity contribution in [2.24, 2.45) is 0 Å². The lowest BCUT2D eigenvalue weighted by Gasteiger charge is -2.11. The fraction of sp³-hybridized carbons (Fsp3) is 0.179. The largest absolute Gasteiger partial charge is 0.497 e. The SMILES string of the molecule is CCOc1ccc(C(=O)/C=C/c2c(/C=C/c3ccc(OC)cc3)cc(OC)cc2OC)cc1. The molecule has 0 heterocycles. The van der Waals surface area contributed by atoms with E-state index in [0.717, 1.165) is 28.2 Å². The van der Waals surface area contributed by atoms with Gasteiger partial charge in [-0.3, -0.25) is 4.79 Å². The van der Waals surface area contributed by atoms with Gasteiger partial charge in [-0.25, -0.2) is 0 Å². The number of carbonyl (C=O) groups excluding carboxylic acids is 1. The summed E-state index contributed by atoms with van der Waals surface area (Å²) in [5.74, 6) is 2.70. The summed E-state index contributed by atoms with van der Waals surface area (Å²) in [6, 6.07) is 18.6. The molecule has 3 rings (SSSR count). The lowest BCUT2D eigenvalue weighted by Crippen LogP contribution is -1.97. The van der Waals surface area contributed by atoms with Crippen LogP contribution in [0.2, 0.25) is 0 Å². The standard InChI is InChI=1S/C28H28O5/c1-5-33-24-14-10-21(11-15-24)27(29)17-16-26-22(18-25(31-3)19-28(26)32-4)9-6-20-7-12-23(30-2)13-8-20/h6-19H,5H2,1-4H3/b9-6+,17-16+. The number of benzene rings is 3. The Balaban J connectivity index is 1.91. The van der Waals surface area contributed by atoms with Crippen molar-refractivity contribution in [3.63, 3.8) is 0 Å². The van der Waals surface area contributed by atoms with Gasteiger partial charge in [-0.1, -0.05) is 24.3 Å². The minimum atomic E-state index is -0.110. The van der Waals surface area contributed by atoms with E-state index in [9.17, 15) is 4.79 Å². The van der Waals surface area contributed by atoms with Gasteiger partial charge in [0.15, 0.2) is 5.78 Å². The molecule has 0 saturated carbocycles.